The van der Waals surface area contributed by atoms with Crippen molar-refractivity contribution in [2.24, 2.45) is 0 Å². The van der Waals surface area contributed by atoms with Crippen molar-refractivity contribution in [2.75, 3.05) is 4.90 Å². The van der Waals surface area contributed by atoms with Crippen LogP contribution in [0.2, 0.25) is 0 Å². The number of aliphatic hydroxyl groups excluding tert-OH is 1. The predicted molar refractivity (Wildman–Crippen MR) is 83.0 cm³/mol. The Kier molecular flexibility index (Phi) is 4.03. The van der Waals surface area contributed by atoms with Crippen molar-refractivity contribution >= 4 is 17.0 Å². The van der Waals surface area contributed by atoms with Crippen LogP contribution >= 0.6 is 11.3 Å². The Morgan fingerprint density at radius 3 is 2.80 bits per heavy atom. The monoisotopic (exact) mass is 288 g/mol. The van der Waals surface area contributed by atoms with Gasteiger partial charge in [-0.25, -0.2) is 0 Å². The number of nitrogens with zero attached hydrogens (tertiary/aromatic N) is 2. The van der Waals surface area contributed by atoms with E-state index in [-0.39, 0.29) is 0 Å². The lowest BCUT2D eigenvalue weighted by atomic mass is 10.2. The number of rotatable bonds is 6. The second kappa shape index (κ2) is 5.94. The van der Waals surface area contributed by atoms with Gasteiger partial charge in [0.05, 0.1) is 23.7 Å². The zero-order chi connectivity index (χ0) is 13.9. The summed E-state index contributed by atoms with van der Waals surface area (Å²) >= 11 is 1.74. The molecule has 1 saturated carbocycles. The van der Waals surface area contributed by atoms with Gasteiger partial charge < -0.3 is 10.0 Å². The molecule has 1 N–H and O–H groups in total. The Morgan fingerprint density at radius 1 is 1.40 bits per heavy atom. The van der Waals surface area contributed by atoms with E-state index in [0.717, 1.165) is 17.9 Å². The molecule has 0 spiro atoms. The minimum absolute atomic E-state index is 0.449. The van der Waals surface area contributed by atoms with E-state index >= 15 is 0 Å². The molecule has 1 aliphatic carbocycles. The van der Waals surface area contributed by atoms with E-state index in [1.807, 2.05) is 19.2 Å². The highest BCUT2D eigenvalue weighted by Gasteiger charge is 2.29. The molecule has 0 amide bonds. The highest BCUT2D eigenvalue weighted by Crippen LogP contribution is 2.33. The molecule has 0 unspecified atom stereocenters. The largest absolute Gasteiger partial charge is 0.387 e. The molecule has 2 aromatic rings. The molecule has 3 nitrogen and oxygen atoms in total. The SMILES string of the molecule is CC[C@@H](O)c1ccc(N(Cc2ccsc2)C2CC2)cn1. The summed E-state index contributed by atoms with van der Waals surface area (Å²) < 4.78 is 0. The van der Waals surface area contributed by atoms with Gasteiger partial charge in [-0.1, -0.05) is 6.92 Å². The molecule has 20 heavy (non-hydrogen) atoms. The molecule has 4 heteroatoms. The molecule has 3 rings (SSSR count). The molecule has 1 atom stereocenters. The van der Waals surface area contributed by atoms with Crippen LogP contribution < -0.4 is 4.90 Å². The Balaban J connectivity index is 1.77. The molecule has 0 aliphatic heterocycles. The van der Waals surface area contributed by atoms with Crippen LogP contribution in [0.5, 0.6) is 0 Å². The molecule has 0 aromatic carbocycles. The number of aromatic nitrogens is 1. The summed E-state index contributed by atoms with van der Waals surface area (Å²) in [6.45, 7) is 2.92. The van der Waals surface area contributed by atoms with Crippen molar-refractivity contribution in [1.82, 2.24) is 4.98 Å². The summed E-state index contributed by atoms with van der Waals surface area (Å²) in [5, 5.41) is 14.1. The second-order valence-corrected chi connectivity index (χ2v) is 6.14. The maximum absolute atomic E-state index is 9.81. The van der Waals surface area contributed by atoms with Crippen molar-refractivity contribution < 1.29 is 5.11 Å². The highest BCUT2D eigenvalue weighted by atomic mass is 32.1. The van der Waals surface area contributed by atoms with E-state index in [2.05, 4.69) is 32.8 Å². The lowest BCUT2D eigenvalue weighted by molar-refractivity contribution is 0.169. The van der Waals surface area contributed by atoms with Crippen molar-refractivity contribution in [2.45, 2.75) is 44.9 Å². The molecular formula is C16H20N2OS. The lowest BCUT2D eigenvalue weighted by Gasteiger charge is -2.24. The first-order valence-electron chi connectivity index (χ1n) is 7.19. The van der Waals surface area contributed by atoms with E-state index in [1.165, 1.54) is 18.4 Å². The van der Waals surface area contributed by atoms with Gasteiger partial charge in [-0.15, -0.1) is 0 Å². The van der Waals surface area contributed by atoms with Crippen LogP contribution in [0.25, 0.3) is 0 Å². The van der Waals surface area contributed by atoms with Gasteiger partial charge in [0.2, 0.25) is 0 Å². The van der Waals surface area contributed by atoms with Gasteiger partial charge in [-0.3, -0.25) is 4.98 Å². The summed E-state index contributed by atoms with van der Waals surface area (Å²) in [6.07, 6.45) is 4.69. The van der Waals surface area contributed by atoms with Gasteiger partial charge in [0.15, 0.2) is 0 Å². The molecule has 2 heterocycles. The van der Waals surface area contributed by atoms with Gasteiger partial charge in [0.1, 0.15) is 0 Å². The van der Waals surface area contributed by atoms with Gasteiger partial charge in [-0.05, 0) is 53.8 Å². The Labute approximate surface area is 123 Å². The van der Waals surface area contributed by atoms with E-state index in [9.17, 15) is 5.11 Å². The Bertz CT molecular complexity index is 534. The molecule has 0 radical (unpaired) electrons. The summed E-state index contributed by atoms with van der Waals surface area (Å²) in [4.78, 5) is 6.85. The van der Waals surface area contributed by atoms with Crippen LogP contribution in [-0.4, -0.2) is 16.1 Å². The number of pyridine rings is 1. The van der Waals surface area contributed by atoms with Crippen molar-refractivity contribution in [3.05, 3.63) is 46.4 Å². The van der Waals surface area contributed by atoms with E-state index in [0.29, 0.717) is 12.5 Å². The maximum Gasteiger partial charge on any atom is 0.0957 e. The van der Waals surface area contributed by atoms with Crippen LogP contribution in [0.1, 0.15) is 43.5 Å². The standard InChI is InChI=1S/C16H20N2OS/c1-2-16(19)15-6-5-14(9-17-15)18(13-3-4-13)10-12-7-8-20-11-12/h5-9,11,13,16,19H,2-4,10H2,1H3/t16-/m1/s1. The minimum Gasteiger partial charge on any atom is -0.387 e. The number of hydrogen-bond acceptors (Lipinski definition) is 4. The van der Waals surface area contributed by atoms with Gasteiger partial charge >= 0.3 is 0 Å². The number of hydrogen-bond donors (Lipinski definition) is 1. The quantitative estimate of drug-likeness (QED) is 0.879. The first-order chi connectivity index (χ1) is 9.78. The van der Waals surface area contributed by atoms with Crippen LogP contribution in [0, 0.1) is 0 Å². The molecule has 0 bridgehead atoms. The highest BCUT2D eigenvalue weighted by molar-refractivity contribution is 7.07. The summed E-state index contributed by atoms with van der Waals surface area (Å²) in [7, 11) is 0. The fraction of sp³-hybridized carbons (Fsp3) is 0.438. The Morgan fingerprint density at radius 2 is 2.25 bits per heavy atom. The van der Waals surface area contributed by atoms with E-state index in [4.69, 9.17) is 0 Å². The fourth-order valence-electron chi connectivity index (χ4n) is 2.37. The van der Waals surface area contributed by atoms with Crippen molar-refractivity contribution in [3.63, 3.8) is 0 Å². The first-order valence-corrected chi connectivity index (χ1v) is 8.14. The minimum atomic E-state index is -0.449. The summed E-state index contributed by atoms with van der Waals surface area (Å²) in [5.74, 6) is 0. The number of anilines is 1. The average Bonchev–Trinajstić information content (AvgIpc) is 3.21. The van der Waals surface area contributed by atoms with Crippen LogP contribution in [0.15, 0.2) is 35.2 Å². The normalized spacial score (nSPS) is 16.1. The third-order valence-corrected chi connectivity index (χ3v) is 4.48. The maximum atomic E-state index is 9.81. The summed E-state index contributed by atoms with van der Waals surface area (Å²) in [6, 6.07) is 6.87. The van der Waals surface area contributed by atoms with E-state index < -0.39 is 6.10 Å². The third kappa shape index (κ3) is 3.02. The first kappa shape index (κ1) is 13.6. The van der Waals surface area contributed by atoms with E-state index in [1.54, 1.807) is 11.3 Å². The average molecular weight is 288 g/mol. The van der Waals surface area contributed by atoms with Gasteiger partial charge in [0, 0.05) is 12.6 Å². The van der Waals surface area contributed by atoms with Crippen molar-refractivity contribution in [1.29, 1.82) is 0 Å². The van der Waals surface area contributed by atoms with Gasteiger partial charge in [-0.2, -0.15) is 11.3 Å². The predicted octanol–water partition coefficient (Wildman–Crippen LogP) is 3.76. The van der Waals surface area contributed by atoms with Crippen LogP contribution in [-0.2, 0) is 6.54 Å². The topological polar surface area (TPSA) is 36.4 Å². The zero-order valence-electron chi connectivity index (χ0n) is 11.7. The molecule has 1 aliphatic rings. The van der Waals surface area contributed by atoms with Crippen LogP contribution in [0.4, 0.5) is 5.69 Å². The molecule has 1 fully saturated rings. The molecular weight excluding hydrogens is 268 g/mol. The zero-order valence-corrected chi connectivity index (χ0v) is 12.5. The van der Waals surface area contributed by atoms with Crippen LogP contribution in [0.3, 0.4) is 0 Å². The smallest absolute Gasteiger partial charge is 0.0957 e. The molecule has 2 aromatic heterocycles. The number of aliphatic hydroxyl groups is 1. The fourth-order valence-corrected chi connectivity index (χ4v) is 3.03. The number of thiophene rings is 1. The Hall–Kier alpha value is -1.39. The van der Waals surface area contributed by atoms with Gasteiger partial charge in [0.25, 0.3) is 0 Å². The molecule has 0 saturated heterocycles. The summed E-state index contributed by atoms with van der Waals surface area (Å²) in [5.41, 5.74) is 3.29. The third-order valence-electron chi connectivity index (χ3n) is 3.75. The second-order valence-electron chi connectivity index (χ2n) is 5.36. The molecule has 106 valence electrons. The van der Waals surface area contributed by atoms with Crippen molar-refractivity contribution in [3.8, 4) is 0 Å². The lowest BCUT2D eigenvalue weighted by Crippen LogP contribution is -2.24.